The zero-order chi connectivity index (χ0) is 24.8. The molecule has 2 atom stereocenters. The Labute approximate surface area is 262 Å². The number of benzene rings is 4. The first-order valence-corrected chi connectivity index (χ1v) is 18.0. The average molecular weight is 745 g/mol. The van der Waals surface area contributed by atoms with Gasteiger partial charge in [-0.15, -0.1) is 0 Å². The molecule has 0 amide bonds. The molecule has 5 heteroatoms. The SMILES string of the molecule is CC1=Cc2c(Br)cccc2[CH]1[Zr+2](=[C](c1ccccc1)c1ccccc1)[CH]1C(C)=Cc2c(Br)cccc21.[Cl-].[Cl-]. The molecule has 2 aliphatic carbocycles. The van der Waals surface area contributed by atoms with Crippen LogP contribution in [0.15, 0.2) is 117 Å². The van der Waals surface area contributed by atoms with Gasteiger partial charge in [0, 0.05) is 0 Å². The summed E-state index contributed by atoms with van der Waals surface area (Å²) in [5.41, 5.74) is 11.5. The predicted molar refractivity (Wildman–Crippen MR) is 157 cm³/mol. The molecule has 2 unspecified atom stereocenters. The van der Waals surface area contributed by atoms with Gasteiger partial charge < -0.3 is 24.8 Å². The van der Waals surface area contributed by atoms with Crippen molar-refractivity contribution in [2.75, 3.05) is 0 Å². The van der Waals surface area contributed by atoms with Crippen molar-refractivity contribution in [3.05, 3.63) is 151 Å². The molecular formula is C33H26Br2Cl2Zr. The van der Waals surface area contributed by atoms with Gasteiger partial charge in [0.25, 0.3) is 0 Å². The van der Waals surface area contributed by atoms with Crippen LogP contribution in [0.25, 0.3) is 12.2 Å². The summed E-state index contributed by atoms with van der Waals surface area (Å²) in [6.07, 6.45) is 4.88. The topological polar surface area (TPSA) is 0 Å². The maximum atomic E-state index is 3.86. The van der Waals surface area contributed by atoms with Gasteiger partial charge in [-0.1, -0.05) is 0 Å². The Morgan fingerprint density at radius 2 is 0.947 bits per heavy atom. The molecule has 0 heterocycles. The van der Waals surface area contributed by atoms with Crippen molar-refractivity contribution < 1.29 is 46.1 Å². The standard InChI is InChI=1S/C13H10.2C10H8Br.2ClH.Zr/c1-3-7-12(8-4-1)11-13-9-5-2-6-10-13;2*1-7-5-8-3-2-4-10(11)9(8)6-7;;;/h1-10H;2*2-6H,1H3;2*1H;/q;;;;;+2/p-2. The van der Waals surface area contributed by atoms with Gasteiger partial charge in [0.1, 0.15) is 0 Å². The van der Waals surface area contributed by atoms with E-state index in [1.165, 1.54) is 53.5 Å². The van der Waals surface area contributed by atoms with E-state index >= 15 is 0 Å². The summed E-state index contributed by atoms with van der Waals surface area (Å²) in [6, 6.07) is 35.9. The second kappa shape index (κ2) is 12.4. The van der Waals surface area contributed by atoms with Gasteiger partial charge in [0.15, 0.2) is 0 Å². The summed E-state index contributed by atoms with van der Waals surface area (Å²) in [5.74, 6) is 0. The fourth-order valence-corrected chi connectivity index (χ4v) is 17.4. The molecule has 0 aliphatic heterocycles. The van der Waals surface area contributed by atoms with Crippen LogP contribution >= 0.6 is 31.9 Å². The van der Waals surface area contributed by atoms with E-state index in [0.717, 1.165) is 0 Å². The van der Waals surface area contributed by atoms with Crippen LogP contribution in [0.2, 0.25) is 0 Å². The van der Waals surface area contributed by atoms with E-state index in [4.69, 9.17) is 0 Å². The van der Waals surface area contributed by atoms with Gasteiger partial charge in [-0.25, -0.2) is 0 Å². The van der Waals surface area contributed by atoms with Crippen molar-refractivity contribution >= 4 is 47.2 Å². The first-order chi connectivity index (χ1) is 17.5. The molecular weight excluding hydrogens is 718 g/mol. The Morgan fingerprint density at radius 1 is 0.553 bits per heavy atom. The fraction of sp³-hybridized carbons (Fsp3) is 0.121. The van der Waals surface area contributed by atoms with E-state index in [2.05, 4.69) is 155 Å². The Balaban J connectivity index is 0.00000168. The minimum atomic E-state index is -2.64. The second-order valence-corrected chi connectivity index (χ2v) is 17.7. The molecule has 0 aromatic heterocycles. The first-order valence-electron chi connectivity index (χ1n) is 12.3. The normalized spacial score (nSPS) is 16.6. The van der Waals surface area contributed by atoms with Crippen molar-refractivity contribution in [3.8, 4) is 0 Å². The third-order valence-corrected chi connectivity index (χ3v) is 18.5. The number of fused-ring (bicyclic) bond motifs is 2. The zero-order valence-electron chi connectivity index (χ0n) is 21.1. The van der Waals surface area contributed by atoms with Gasteiger partial charge in [-0.05, 0) is 0 Å². The summed E-state index contributed by atoms with van der Waals surface area (Å²) < 4.78 is 4.94. The third-order valence-electron chi connectivity index (χ3n) is 7.49. The van der Waals surface area contributed by atoms with E-state index in [0.29, 0.717) is 7.25 Å². The van der Waals surface area contributed by atoms with Crippen molar-refractivity contribution in [3.63, 3.8) is 0 Å². The molecule has 0 radical (unpaired) electrons. The van der Waals surface area contributed by atoms with Crippen LogP contribution in [0, 0.1) is 0 Å². The first kappa shape index (κ1) is 29.6. The molecule has 0 fully saturated rings. The largest absolute Gasteiger partial charge is 1.00 e. The minimum absolute atomic E-state index is 0. The van der Waals surface area contributed by atoms with Gasteiger partial charge in [-0.3, -0.25) is 0 Å². The number of hydrogen-bond donors (Lipinski definition) is 0. The van der Waals surface area contributed by atoms with Crippen molar-refractivity contribution in [2.45, 2.75) is 21.1 Å². The van der Waals surface area contributed by atoms with E-state index in [1.807, 2.05) is 0 Å². The van der Waals surface area contributed by atoms with Gasteiger partial charge >= 0.3 is 240 Å². The molecule has 0 saturated heterocycles. The molecule has 2 aliphatic rings. The van der Waals surface area contributed by atoms with Crippen LogP contribution in [0.4, 0.5) is 0 Å². The van der Waals surface area contributed by atoms with Crippen molar-refractivity contribution in [2.24, 2.45) is 0 Å². The van der Waals surface area contributed by atoms with Crippen LogP contribution in [0.1, 0.15) is 54.5 Å². The Bertz CT molecular complexity index is 1460. The van der Waals surface area contributed by atoms with Crippen LogP contribution < -0.4 is 24.8 Å². The maximum absolute atomic E-state index is 3.86. The van der Waals surface area contributed by atoms with E-state index in [-0.39, 0.29) is 24.8 Å². The molecule has 0 N–H and O–H groups in total. The van der Waals surface area contributed by atoms with Crippen LogP contribution in [0.3, 0.4) is 0 Å². The van der Waals surface area contributed by atoms with E-state index in [9.17, 15) is 0 Å². The maximum Gasteiger partial charge on any atom is -1.00 e. The van der Waals surface area contributed by atoms with Gasteiger partial charge in [0.05, 0.1) is 0 Å². The average Bonchev–Trinajstić information content (AvgIpc) is 3.41. The Morgan fingerprint density at radius 3 is 1.34 bits per heavy atom. The van der Waals surface area contributed by atoms with Crippen molar-refractivity contribution in [1.29, 1.82) is 0 Å². The summed E-state index contributed by atoms with van der Waals surface area (Å²) >= 11 is 5.08. The molecule has 0 bridgehead atoms. The summed E-state index contributed by atoms with van der Waals surface area (Å²) in [7, 11) is 0. The summed E-state index contributed by atoms with van der Waals surface area (Å²) in [4.78, 5) is 0. The van der Waals surface area contributed by atoms with E-state index in [1.54, 1.807) is 3.21 Å². The van der Waals surface area contributed by atoms with Gasteiger partial charge in [0.2, 0.25) is 0 Å². The predicted octanol–water partition coefficient (Wildman–Crippen LogP) is 3.72. The molecule has 0 spiro atoms. The monoisotopic (exact) mass is 740 g/mol. The fourth-order valence-electron chi connectivity index (χ4n) is 6.02. The van der Waals surface area contributed by atoms with Crippen LogP contribution in [-0.2, 0) is 21.3 Å². The minimum Gasteiger partial charge on any atom is -1.00 e. The second-order valence-electron chi connectivity index (χ2n) is 9.69. The number of allylic oxidation sites excluding steroid dienone is 2. The zero-order valence-corrected chi connectivity index (χ0v) is 28.2. The van der Waals surface area contributed by atoms with E-state index < -0.39 is 21.3 Å². The molecule has 0 saturated carbocycles. The molecule has 4 aromatic carbocycles. The Kier molecular flexibility index (Phi) is 9.70. The molecule has 0 nitrogen and oxygen atoms in total. The molecule has 6 rings (SSSR count). The summed E-state index contributed by atoms with van der Waals surface area (Å²) in [6.45, 7) is 4.72. The third kappa shape index (κ3) is 5.23. The quantitative estimate of drug-likeness (QED) is 0.299. The number of hydrogen-bond acceptors (Lipinski definition) is 0. The smallest absolute Gasteiger partial charge is 1.00 e. The molecule has 38 heavy (non-hydrogen) atoms. The van der Waals surface area contributed by atoms with Crippen LogP contribution in [0.5, 0.6) is 0 Å². The Hall–Kier alpha value is -1.35. The number of rotatable bonds is 4. The molecule has 190 valence electrons. The van der Waals surface area contributed by atoms with Crippen molar-refractivity contribution in [1.82, 2.24) is 0 Å². The number of halogens is 4. The van der Waals surface area contributed by atoms with Crippen LogP contribution in [-0.4, -0.2) is 3.21 Å². The van der Waals surface area contributed by atoms with Gasteiger partial charge in [-0.2, -0.15) is 0 Å². The summed E-state index contributed by atoms with van der Waals surface area (Å²) in [5, 5.41) is 0. The molecule has 4 aromatic rings.